The highest BCUT2D eigenvalue weighted by molar-refractivity contribution is 5.36. The molecule has 1 N–H and O–H groups in total. The van der Waals surface area contributed by atoms with Gasteiger partial charge in [0.05, 0.1) is 0 Å². The highest BCUT2D eigenvalue weighted by atomic mass is 15.0. The van der Waals surface area contributed by atoms with Gasteiger partial charge in [-0.3, -0.25) is 0 Å². The van der Waals surface area contributed by atoms with E-state index >= 15 is 0 Å². The van der Waals surface area contributed by atoms with Gasteiger partial charge in [-0.1, -0.05) is 20.8 Å². The van der Waals surface area contributed by atoms with Crippen molar-refractivity contribution in [3.8, 4) is 0 Å². The Morgan fingerprint density at radius 2 is 1.94 bits per heavy atom. The highest BCUT2D eigenvalue weighted by Gasteiger charge is 2.07. The van der Waals surface area contributed by atoms with Crippen LogP contribution < -0.4 is 5.32 Å². The number of hydrogen-bond donors (Lipinski definition) is 1. The maximum absolute atomic E-state index is 4.41. The second kappa shape index (κ2) is 5.83. The molecule has 1 rings (SSSR count). The number of hydrogen-bond acceptors (Lipinski definition) is 3. The average Bonchev–Trinajstić information content (AvgIpc) is 2.14. The van der Waals surface area contributed by atoms with Gasteiger partial charge in [0.25, 0.3) is 0 Å². The summed E-state index contributed by atoms with van der Waals surface area (Å²) in [5, 5.41) is 3.44. The van der Waals surface area contributed by atoms with E-state index in [1.165, 1.54) is 0 Å². The summed E-state index contributed by atoms with van der Waals surface area (Å²) in [6, 6.07) is 2.50. The third kappa shape index (κ3) is 4.17. The van der Waals surface area contributed by atoms with Gasteiger partial charge in [-0.2, -0.15) is 0 Å². The van der Waals surface area contributed by atoms with Crippen LogP contribution in [0.2, 0.25) is 0 Å². The van der Waals surface area contributed by atoms with Gasteiger partial charge in [-0.25, -0.2) is 9.97 Å². The summed E-state index contributed by atoms with van der Waals surface area (Å²) in [5.74, 6) is 2.51. The number of nitrogens with zero attached hydrogens (tertiary/aromatic N) is 2. The summed E-state index contributed by atoms with van der Waals surface area (Å²) in [6.07, 6.45) is 2.11. The molecule has 1 aromatic rings. The second-order valence-electron chi connectivity index (χ2n) is 4.82. The van der Waals surface area contributed by atoms with Crippen molar-refractivity contribution < 1.29 is 0 Å². The Morgan fingerprint density at radius 1 is 1.25 bits per heavy atom. The van der Waals surface area contributed by atoms with Crippen molar-refractivity contribution in [2.24, 2.45) is 5.92 Å². The molecular formula is C13H23N3. The molecule has 0 fully saturated rings. The Labute approximate surface area is 98.7 Å². The molecule has 0 bridgehead atoms. The van der Waals surface area contributed by atoms with Crippen molar-refractivity contribution in [1.82, 2.24) is 9.97 Å². The van der Waals surface area contributed by atoms with Crippen molar-refractivity contribution >= 4 is 5.82 Å². The van der Waals surface area contributed by atoms with Gasteiger partial charge >= 0.3 is 0 Å². The van der Waals surface area contributed by atoms with Crippen molar-refractivity contribution in [3.63, 3.8) is 0 Å². The lowest BCUT2D eigenvalue weighted by Gasteiger charge is -2.17. The van der Waals surface area contributed by atoms with Crippen LogP contribution in [-0.4, -0.2) is 16.0 Å². The van der Waals surface area contributed by atoms with Gasteiger partial charge in [0.1, 0.15) is 11.6 Å². The van der Waals surface area contributed by atoms with Gasteiger partial charge in [0, 0.05) is 17.8 Å². The monoisotopic (exact) mass is 221 g/mol. The minimum absolute atomic E-state index is 0.457. The van der Waals surface area contributed by atoms with E-state index < -0.39 is 0 Å². The predicted octanol–water partition coefficient (Wildman–Crippen LogP) is 3.19. The molecule has 1 unspecified atom stereocenters. The smallest absolute Gasteiger partial charge is 0.130 e. The molecular weight excluding hydrogens is 198 g/mol. The highest BCUT2D eigenvalue weighted by Crippen LogP contribution is 2.12. The molecule has 90 valence electrons. The maximum atomic E-state index is 4.41. The fourth-order valence-corrected chi connectivity index (χ4v) is 1.90. The first-order valence-electron chi connectivity index (χ1n) is 6.12. The SMILES string of the molecule is CCc1cc(NC(C)CC(C)C)nc(C)n1. The molecule has 3 nitrogen and oxygen atoms in total. The lowest BCUT2D eigenvalue weighted by Crippen LogP contribution is -2.18. The first-order chi connectivity index (χ1) is 7.51. The van der Waals surface area contributed by atoms with Crippen LogP contribution in [0, 0.1) is 12.8 Å². The van der Waals surface area contributed by atoms with E-state index in [1.54, 1.807) is 0 Å². The first-order valence-corrected chi connectivity index (χ1v) is 6.12. The molecule has 0 saturated carbocycles. The number of anilines is 1. The van der Waals surface area contributed by atoms with Crippen LogP contribution in [-0.2, 0) is 6.42 Å². The van der Waals surface area contributed by atoms with Crippen LogP contribution in [0.3, 0.4) is 0 Å². The van der Waals surface area contributed by atoms with Crippen LogP contribution in [0.1, 0.15) is 45.6 Å². The number of nitrogens with one attached hydrogen (secondary N) is 1. The molecule has 16 heavy (non-hydrogen) atoms. The van der Waals surface area contributed by atoms with E-state index in [0.717, 1.165) is 30.2 Å². The van der Waals surface area contributed by atoms with Gasteiger partial charge in [0.2, 0.25) is 0 Å². The van der Waals surface area contributed by atoms with E-state index in [9.17, 15) is 0 Å². The molecule has 0 radical (unpaired) electrons. The van der Waals surface area contributed by atoms with Crippen molar-refractivity contribution in [2.45, 2.75) is 53.5 Å². The summed E-state index contributed by atoms with van der Waals surface area (Å²) in [4.78, 5) is 8.78. The molecule has 1 atom stereocenters. The number of rotatable bonds is 5. The zero-order valence-electron chi connectivity index (χ0n) is 11.0. The predicted molar refractivity (Wildman–Crippen MR) is 68.7 cm³/mol. The normalized spacial score (nSPS) is 12.9. The Kier molecular flexibility index (Phi) is 4.71. The fourth-order valence-electron chi connectivity index (χ4n) is 1.90. The van der Waals surface area contributed by atoms with Gasteiger partial charge in [-0.05, 0) is 32.6 Å². The van der Waals surface area contributed by atoms with E-state index in [0.29, 0.717) is 12.0 Å². The van der Waals surface area contributed by atoms with Crippen molar-refractivity contribution in [3.05, 3.63) is 17.6 Å². The molecule has 0 aliphatic heterocycles. The lowest BCUT2D eigenvalue weighted by atomic mass is 10.1. The Morgan fingerprint density at radius 3 is 2.50 bits per heavy atom. The first kappa shape index (κ1) is 12.9. The van der Waals surface area contributed by atoms with Gasteiger partial charge < -0.3 is 5.32 Å². The van der Waals surface area contributed by atoms with Crippen molar-refractivity contribution in [2.75, 3.05) is 5.32 Å². The summed E-state index contributed by atoms with van der Waals surface area (Å²) in [7, 11) is 0. The minimum Gasteiger partial charge on any atom is -0.367 e. The van der Waals surface area contributed by atoms with Gasteiger partial charge in [0.15, 0.2) is 0 Å². The fraction of sp³-hybridized carbons (Fsp3) is 0.692. The number of aromatic nitrogens is 2. The summed E-state index contributed by atoms with van der Waals surface area (Å²) in [5.41, 5.74) is 1.10. The van der Waals surface area contributed by atoms with Crippen LogP contribution in [0.5, 0.6) is 0 Å². The third-order valence-electron chi connectivity index (χ3n) is 2.47. The molecule has 0 aliphatic carbocycles. The maximum Gasteiger partial charge on any atom is 0.130 e. The molecule has 0 saturated heterocycles. The standard InChI is InChI=1S/C13H23N3/c1-6-12-8-13(16-11(5)15-12)14-10(4)7-9(2)3/h8-10H,6-7H2,1-5H3,(H,14,15,16). The molecule has 0 aromatic carbocycles. The zero-order chi connectivity index (χ0) is 12.1. The third-order valence-corrected chi connectivity index (χ3v) is 2.47. The lowest BCUT2D eigenvalue weighted by molar-refractivity contribution is 0.538. The summed E-state index contributed by atoms with van der Waals surface area (Å²) >= 11 is 0. The van der Waals surface area contributed by atoms with E-state index in [1.807, 2.05) is 13.0 Å². The minimum atomic E-state index is 0.457. The van der Waals surface area contributed by atoms with E-state index in [-0.39, 0.29) is 0 Å². The summed E-state index contributed by atoms with van der Waals surface area (Å²) in [6.45, 7) is 10.7. The average molecular weight is 221 g/mol. The quantitative estimate of drug-likeness (QED) is 0.829. The largest absolute Gasteiger partial charge is 0.367 e. The topological polar surface area (TPSA) is 37.8 Å². The van der Waals surface area contributed by atoms with Crippen LogP contribution in [0.25, 0.3) is 0 Å². The second-order valence-corrected chi connectivity index (χ2v) is 4.82. The Hall–Kier alpha value is -1.12. The van der Waals surface area contributed by atoms with Gasteiger partial charge in [-0.15, -0.1) is 0 Å². The van der Waals surface area contributed by atoms with Crippen molar-refractivity contribution in [1.29, 1.82) is 0 Å². The summed E-state index contributed by atoms with van der Waals surface area (Å²) < 4.78 is 0. The molecule has 0 aliphatic rings. The van der Waals surface area contributed by atoms with Crippen LogP contribution in [0.15, 0.2) is 6.07 Å². The van der Waals surface area contributed by atoms with Crippen LogP contribution >= 0.6 is 0 Å². The Balaban J connectivity index is 2.69. The molecule has 1 aromatic heterocycles. The molecule has 0 amide bonds. The van der Waals surface area contributed by atoms with Crippen LogP contribution in [0.4, 0.5) is 5.82 Å². The molecule has 0 spiro atoms. The Bertz CT molecular complexity index is 334. The molecule has 3 heteroatoms. The zero-order valence-corrected chi connectivity index (χ0v) is 11.0. The number of aryl methyl sites for hydroxylation is 2. The molecule has 1 heterocycles. The van der Waals surface area contributed by atoms with E-state index in [4.69, 9.17) is 0 Å². The van der Waals surface area contributed by atoms with E-state index in [2.05, 4.69) is 43.0 Å².